The molecule has 6 heteroatoms. The number of hydrogen-bond donors (Lipinski definition) is 0. The van der Waals surface area contributed by atoms with E-state index in [0.29, 0.717) is 11.6 Å². The molecule has 190 valence electrons. The predicted octanol–water partition coefficient (Wildman–Crippen LogP) is 7.65. The Morgan fingerprint density at radius 1 is 0.450 bits per heavy atom. The van der Waals surface area contributed by atoms with Crippen LogP contribution < -0.4 is 0 Å². The molecule has 0 unspecified atom stereocenters. The Hall–Kier alpha value is -5.36. The third-order valence-electron chi connectivity index (χ3n) is 7.08. The highest BCUT2D eigenvalue weighted by atomic mass is 14.9. The normalized spacial score (nSPS) is 11.2. The topological polar surface area (TPSA) is 77.3 Å². The number of rotatable bonds is 4. The Morgan fingerprint density at radius 3 is 1.35 bits per heavy atom. The maximum absolute atomic E-state index is 5.08. The summed E-state index contributed by atoms with van der Waals surface area (Å²) in [5.74, 6) is 1.20. The van der Waals surface area contributed by atoms with E-state index in [9.17, 15) is 0 Å². The molecule has 0 aliphatic heterocycles. The molecule has 0 saturated heterocycles. The monoisotopic (exact) mass is 516 g/mol. The van der Waals surface area contributed by atoms with Crippen molar-refractivity contribution >= 4 is 21.8 Å². The summed E-state index contributed by atoms with van der Waals surface area (Å²) in [7, 11) is 0. The van der Waals surface area contributed by atoms with Gasteiger partial charge in [0.25, 0.3) is 0 Å². The number of para-hydroxylation sites is 2. The molecule has 0 fully saturated rings. The Bertz CT molecular complexity index is 1880. The van der Waals surface area contributed by atoms with Gasteiger partial charge in [0, 0.05) is 34.3 Å². The van der Waals surface area contributed by atoms with Gasteiger partial charge in [-0.25, -0.2) is 19.9 Å². The molecule has 0 bridgehead atoms. The van der Waals surface area contributed by atoms with Gasteiger partial charge in [-0.2, -0.15) is 0 Å². The van der Waals surface area contributed by atoms with Gasteiger partial charge in [0.2, 0.25) is 0 Å². The number of nitrogens with zero attached hydrogens (tertiary/aromatic N) is 6. The molecular formula is C34H24N6. The smallest absolute Gasteiger partial charge is 0.179 e. The molecule has 0 saturated carbocycles. The van der Waals surface area contributed by atoms with Crippen molar-refractivity contribution in [3.63, 3.8) is 0 Å². The molecule has 7 rings (SSSR count). The lowest BCUT2D eigenvalue weighted by molar-refractivity contribution is 1.17. The first-order chi connectivity index (χ1) is 19.7. The van der Waals surface area contributed by atoms with Crippen molar-refractivity contribution in [3.05, 3.63) is 121 Å². The van der Waals surface area contributed by atoms with Crippen molar-refractivity contribution in [2.24, 2.45) is 0 Å². The SMILES string of the molecule is Cc1cc(C)c(-c2nc(-c3ccccn3)nc3ccccc23)cc1-c1nc(-c2ccccn2)nc2ccccc12. The molecular weight excluding hydrogens is 492 g/mol. The molecule has 0 N–H and O–H groups in total. The summed E-state index contributed by atoms with van der Waals surface area (Å²) in [4.78, 5) is 28.9. The molecule has 40 heavy (non-hydrogen) atoms. The van der Waals surface area contributed by atoms with E-state index in [1.807, 2.05) is 72.8 Å². The van der Waals surface area contributed by atoms with Crippen LogP contribution in [0.15, 0.2) is 109 Å². The highest BCUT2D eigenvalue weighted by Crippen LogP contribution is 2.37. The summed E-state index contributed by atoms with van der Waals surface area (Å²) in [6.07, 6.45) is 3.53. The molecule has 0 aliphatic carbocycles. The Kier molecular flexibility index (Phi) is 5.78. The fourth-order valence-electron chi connectivity index (χ4n) is 5.15. The quantitative estimate of drug-likeness (QED) is 0.239. The minimum Gasteiger partial charge on any atom is -0.253 e. The van der Waals surface area contributed by atoms with Crippen LogP contribution in [-0.4, -0.2) is 29.9 Å². The van der Waals surface area contributed by atoms with Gasteiger partial charge in [0.15, 0.2) is 11.6 Å². The Labute approximate surface area is 231 Å². The van der Waals surface area contributed by atoms with E-state index >= 15 is 0 Å². The van der Waals surface area contributed by atoms with Crippen LogP contribution in [-0.2, 0) is 0 Å². The van der Waals surface area contributed by atoms with Crippen molar-refractivity contribution in [1.82, 2.24) is 29.9 Å². The van der Waals surface area contributed by atoms with Gasteiger partial charge in [-0.05, 0) is 67.4 Å². The molecule has 0 aliphatic rings. The average Bonchev–Trinajstić information content (AvgIpc) is 3.01. The summed E-state index contributed by atoms with van der Waals surface area (Å²) in [5, 5.41) is 1.98. The second kappa shape index (κ2) is 9.75. The zero-order chi connectivity index (χ0) is 27.1. The van der Waals surface area contributed by atoms with E-state index < -0.39 is 0 Å². The maximum Gasteiger partial charge on any atom is 0.179 e. The number of aryl methyl sites for hydroxylation is 2. The molecule has 7 aromatic rings. The molecule has 3 aromatic carbocycles. The molecule has 4 aromatic heterocycles. The van der Waals surface area contributed by atoms with Crippen molar-refractivity contribution in [3.8, 4) is 45.6 Å². The number of benzene rings is 3. The van der Waals surface area contributed by atoms with Gasteiger partial charge >= 0.3 is 0 Å². The molecule has 0 spiro atoms. The van der Waals surface area contributed by atoms with E-state index in [1.54, 1.807) is 12.4 Å². The first-order valence-corrected chi connectivity index (χ1v) is 13.1. The number of fused-ring (bicyclic) bond motifs is 2. The van der Waals surface area contributed by atoms with Crippen LogP contribution in [0.25, 0.3) is 67.4 Å². The van der Waals surface area contributed by atoms with Crippen LogP contribution in [0.2, 0.25) is 0 Å². The van der Waals surface area contributed by atoms with Crippen LogP contribution >= 0.6 is 0 Å². The predicted molar refractivity (Wildman–Crippen MR) is 159 cm³/mol. The van der Waals surface area contributed by atoms with Gasteiger partial charge in [0.05, 0.1) is 22.4 Å². The van der Waals surface area contributed by atoms with Gasteiger partial charge in [-0.1, -0.05) is 54.6 Å². The fourth-order valence-corrected chi connectivity index (χ4v) is 5.15. The second-order valence-corrected chi connectivity index (χ2v) is 9.74. The number of pyridine rings is 2. The first kappa shape index (κ1) is 23.7. The Morgan fingerprint density at radius 2 is 0.900 bits per heavy atom. The van der Waals surface area contributed by atoms with E-state index in [0.717, 1.165) is 66.8 Å². The highest BCUT2D eigenvalue weighted by molar-refractivity contribution is 5.98. The first-order valence-electron chi connectivity index (χ1n) is 13.1. The van der Waals surface area contributed by atoms with Crippen LogP contribution in [0.5, 0.6) is 0 Å². The van der Waals surface area contributed by atoms with Crippen molar-refractivity contribution in [2.45, 2.75) is 13.8 Å². The lowest BCUT2D eigenvalue weighted by Gasteiger charge is -2.16. The zero-order valence-corrected chi connectivity index (χ0v) is 22.1. The lowest BCUT2D eigenvalue weighted by Crippen LogP contribution is -2.00. The van der Waals surface area contributed by atoms with Crippen LogP contribution in [0.3, 0.4) is 0 Å². The van der Waals surface area contributed by atoms with E-state index in [2.05, 4.69) is 48.1 Å². The summed E-state index contributed by atoms with van der Waals surface area (Å²) < 4.78 is 0. The average molecular weight is 517 g/mol. The molecule has 0 atom stereocenters. The largest absolute Gasteiger partial charge is 0.253 e. The number of hydrogen-bond acceptors (Lipinski definition) is 6. The third kappa shape index (κ3) is 4.16. The summed E-state index contributed by atoms with van der Waals surface area (Å²) in [6, 6.07) is 32.2. The van der Waals surface area contributed by atoms with Gasteiger partial charge in [-0.3, -0.25) is 9.97 Å². The van der Waals surface area contributed by atoms with Gasteiger partial charge < -0.3 is 0 Å². The molecule has 0 radical (unpaired) electrons. The van der Waals surface area contributed by atoms with Crippen molar-refractivity contribution in [2.75, 3.05) is 0 Å². The van der Waals surface area contributed by atoms with Crippen LogP contribution in [0.1, 0.15) is 11.1 Å². The van der Waals surface area contributed by atoms with Gasteiger partial charge in [0.1, 0.15) is 11.4 Å². The maximum atomic E-state index is 5.08. The van der Waals surface area contributed by atoms with E-state index in [-0.39, 0.29) is 0 Å². The van der Waals surface area contributed by atoms with Gasteiger partial charge in [-0.15, -0.1) is 0 Å². The van der Waals surface area contributed by atoms with Crippen molar-refractivity contribution in [1.29, 1.82) is 0 Å². The van der Waals surface area contributed by atoms with E-state index in [4.69, 9.17) is 19.9 Å². The van der Waals surface area contributed by atoms with Crippen LogP contribution in [0.4, 0.5) is 0 Å². The number of aromatic nitrogens is 6. The standard InChI is InChI=1S/C34H24N6/c1-21-19-22(2)26(32-24-12-4-6-14-28(24)38-34(40-32)30-16-8-10-18-36-30)20-25(21)31-23-11-3-5-13-27(23)37-33(39-31)29-15-7-9-17-35-29/h3-20H,1-2H3. The molecule has 4 heterocycles. The summed E-state index contributed by atoms with van der Waals surface area (Å²) >= 11 is 0. The summed E-state index contributed by atoms with van der Waals surface area (Å²) in [5.41, 5.74) is 9.26. The van der Waals surface area contributed by atoms with Crippen molar-refractivity contribution < 1.29 is 0 Å². The fraction of sp³-hybridized carbons (Fsp3) is 0.0588. The summed E-state index contributed by atoms with van der Waals surface area (Å²) in [6.45, 7) is 4.25. The molecule has 0 amide bonds. The molecule has 6 nitrogen and oxygen atoms in total. The van der Waals surface area contributed by atoms with E-state index in [1.165, 1.54) is 0 Å². The highest BCUT2D eigenvalue weighted by Gasteiger charge is 2.18. The lowest BCUT2D eigenvalue weighted by atomic mass is 9.93. The second-order valence-electron chi connectivity index (χ2n) is 9.74. The zero-order valence-electron chi connectivity index (χ0n) is 22.1. The van der Waals surface area contributed by atoms with Crippen LogP contribution in [0, 0.1) is 13.8 Å². The Balaban J connectivity index is 1.50. The third-order valence-corrected chi connectivity index (χ3v) is 7.08. The minimum absolute atomic E-state index is 0.598. The minimum atomic E-state index is 0.598.